The highest BCUT2D eigenvalue weighted by Crippen LogP contribution is 2.27. The van der Waals surface area contributed by atoms with Crippen molar-refractivity contribution in [1.29, 1.82) is 0 Å². The van der Waals surface area contributed by atoms with E-state index in [9.17, 15) is 4.79 Å². The van der Waals surface area contributed by atoms with Crippen LogP contribution < -0.4 is 14.8 Å². The third-order valence-corrected chi connectivity index (χ3v) is 2.81. The summed E-state index contributed by atoms with van der Waals surface area (Å²) < 4.78 is 15.2. The van der Waals surface area contributed by atoms with E-state index >= 15 is 0 Å². The first kappa shape index (κ1) is 13.9. The first-order valence-electron chi connectivity index (χ1n) is 6.14. The SMILES string of the molecule is COc1ccc(CCNC(=O)c2ccno2)cc1OC. The van der Waals surface area contributed by atoms with Gasteiger partial charge in [0.05, 0.1) is 20.4 Å². The van der Waals surface area contributed by atoms with Crippen molar-refractivity contribution in [2.75, 3.05) is 20.8 Å². The highest BCUT2D eigenvalue weighted by Gasteiger charge is 2.09. The zero-order chi connectivity index (χ0) is 14.4. The Labute approximate surface area is 116 Å². The lowest BCUT2D eigenvalue weighted by molar-refractivity contribution is 0.0917. The van der Waals surface area contributed by atoms with E-state index in [1.165, 1.54) is 12.3 Å². The van der Waals surface area contributed by atoms with Crippen LogP contribution in [0.4, 0.5) is 0 Å². The minimum absolute atomic E-state index is 0.206. The van der Waals surface area contributed by atoms with Gasteiger partial charge in [0.2, 0.25) is 5.76 Å². The molecule has 0 fully saturated rings. The third kappa shape index (κ3) is 3.28. The average Bonchev–Trinajstić information content (AvgIpc) is 3.01. The molecule has 0 saturated carbocycles. The van der Waals surface area contributed by atoms with Gasteiger partial charge < -0.3 is 19.3 Å². The molecular weight excluding hydrogens is 260 g/mol. The number of rotatable bonds is 6. The van der Waals surface area contributed by atoms with E-state index in [0.717, 1.165) is 5.56 Å². The van der Waals surface area contributed by atoms with Crippen molar-refractivity contribution in [3.05, 3.63) is 41.8 Å². The van der Waals surface area contributed by atoms with Gasteiger partial charge in [-0.3, -0.25) is 4.79 Å². The Kier molecular flexibility index (Phi) is 4.60. The van der Waals surface area contributed by atoms with Crippen LogP contribution >= 0.6 is 0 Å². The van der Waals surface area contributed by atoms with Gasteiger partial charge in [-0.1, -0.05) is 11.2 Å². The second-order valence-corrected chi connectivity index (χ2v) is 4.07. The maximum atomic E-state index is 11.6. The van der Waals surface area contributed by atoms with Gasteiger partial charge in [-0.25, -0.2) is 0 Å². The number of nitrogens with zero attached hydrogens (tertiary/aromatic N) is 1. The van der Waals surface area contributed by atoms with Crippen LogP contribution in [0.2, 0.25) is 0 Å². The summed E-state index contributed by atoms with van der Waals surface area (Å²) in [5.74, 6) is 1.29. The number of nitrogens with one attached hydrogen (secondary N) is 1. The Bertz CT molecular complexity index is 567. The van der Waals surface area contributed by atoms with Gasteiger partial charge in [0.1, 0.15) is 0 Å². The largest absolute Gasteiger partial charge is 0.493 e. The standard InChI is InChI=1S/C14H16N2O4/c1-18-11-4-3-10(9-13(11)19-2)5-7-15-14(17)12-6-8-16-20-12/h3-4,6,8-9H,5,7H2,1-2H3,(H,15,17). The molecule has 0 aliphatic rings. The summed E-state index contributed by atoms with van der Waals surface area (Å²) in [6.07, 6.45) is 2.11. The van der Waals surface area contributed by atoms with Crippen LogP contribution in [0.5, 0.6) is 11.5 Å². The Balaban J connectivity index is 1.89. The zero-order valence-electron chi connectivity index (χ0n) is 11.4. The lowest BCUT2D eigenvalue weighted by atomic mass is 10.1. The molecule has 1 amide bonds. The minimum Gasteiger partial charge on any atom is -0.493 e. The monoisotopic (exact) mass is 276 g/mol. The van der Waals surface area contributed by atoms with Gasteiger partial charge in [-0.05, 0) is 24.1 Å². The molecule has 1 N–H and O–H groups in total. The van der Waals surface area contributed by atoms with Crippen LogP contribution in [-0.4, -0.2) is 31.8 Å². The number of hydrogen-bond acceptors (Lipinski definition) is 5. The molecule has 0 spiro atoms. The summed E-state index contributed by atoms with van der Waals surface area (Å²) in [4.78, 5) is 11.6. The van der Waals surface area contributed by atoms with E-state index in [1.807, 2.05) is 18.2 Å². The summed E-state index contributed by atoms with van der Waals surface area (Å²) >= 11 is 0. The predicted octanol–water partition coefficient (Wildman–Crippen LogP) is 1.66. The molecule has 1 aromatic carbocycles. The molecular formula is C14H16N2O4. The molecule has 106 valence electrons. The normalized spacial score (nSPS) is 10.1. The van der Waals surface area contributed by atoms with Crippen molar-refractivity contribution in [2.45, 2.75) is 6.42 Å². The van der Waals surface area contributed by atoms with Gasteiger partial charge in [0, 0.05) is 12.6 Å². The molecule has 0 atom stereocenters. The molecule has 1 aromatic heterocycles. The Morgan fingerprint density at radius 2 is 2.05 bits per heavy atom. The minimum atomic E-state index is -0.275. The van der Waals surface area contributed by atoms with Gasteiger partial charge in [-0.2, -0.15) is 0 Å². The van der Waals surface area contributed by atoms with Crippen LogP contribution in [0, 0.1) is 0 Å². The van der Waals surface area contributed by atoms with E-state index in [4.69, 9.17) is 14.0 Å². The molecule has 0 radical (unpaired) electrons. The summed E-state index contributed by atoms with van der Waals surface area (Å²) in [6.45, 7) is 0.495. The van der Waals surface area contributed by atoms with Crippen molar-refractivity contribution < 1.29 is 18.8 Å². The van der Waals surface area contributed by atoms with Gasteiger partial charge in [0.15, 0.2) is 11.5 Å². The van der Waals surface area contributed by atoms with E-state index < -0.39 is 0 Å². The lowest BCUT2D eigenvalue weighted by Gasteiger charge is -2.09. The van der Waals surface area contributed by atoms with E-state index in [-0.39, 0.29) is 11.7 Å². The van der Waals surface area contributed by atoms with Crippen LogP contribution in [0.25, 0.3) is 0 Å². The fourth-order valence-corrected chi connectivity index (χ4v) is 1.78. The van der Waals surface area contributed by atoms with Crippen molar-refractivity contribution in [2.24, 2.45) is 0 Å². The van der Waals surface area contributed by atoms with E-state index in [2.05, 4.69) is 10.5 Å². The van der Waals surface area contributed by atoms with Crippen molar-refractivity contribution in [1.82, 2.24) is 10.5 Å². The lowest BCUT2D eigenvalue weighted by Crippen LogP contribution is -2.25. The maximum Gasteiger partial charge on any atom is 0.289 e. The fraction of sp³-hybridized carbons (Fsp3) is 0.286. The second-order valence-electron chi connectivity index (χ2n) is 4.07. The topological polar surface area (TPSA) is 73.6 Å². The maximum absolute atomic E-state index is 11.6. The number of amides is 1. The number of benzene rings is 1. The zero-order valence-corrected chi connectivity index (χ0v) is 11.4. The van der Waals surface area contributed by atoms with E-state index in [1.54, 1.807) is 14.2 Å². The first-order valence-corrected chi connectivity index (χ1v) is 6.14. The van der Waals surface area contributed by atoms with Crippen LogP contribution in [0.3, 0.4) is 0 Å². The number of aromatic nitrogens is 1. The smallest absolute Gasteiger partial charge is 0.289 e. The molecule has 6 heteroatoms. The number of hydrogen-bond donors (Lipinski definition) is 1. The van der Waals surface area contributed by atoms with Gasteiger partial charge >= 0.3 is 0 Å². The van der Waals surface area contributed by atoms with Gasteiger partial charge in [0.25, 0.3) is 5.91 Å². The van der Waals surface area contributed by atoms with Crippen LogP contribution in [0.1, 0.15) is 16.1 Å². The number of carbonyl (C=O) groups excluding carboxylic acids is 1. The molecule has 0 unspecified atom stereocenters. The fourth-order valence-electron chi connectivity index (χ4n) is 1.78. The second kappa shape index (κ2) is 6.60. The molecule has 0 aliphatic carbocycles. The quantitative estimate of drug-likeness (QED) is 0.868. The molecule has 6 nitrogen and oxygen atoms in total. The Hall–Kier alpha value is -2.50. The third-order valence-electron chi connectivity index (χ3n) is 2.81. The number of ether oxygens (including phenoxy) is 2. The van der Waals surface area contributed by atoms with Crippen LogP contribution in [0.15, 0.2) is 35.0 Å². The van der Waals surface area contributed by atoms with Crippen molar-refractivity contribution >= 4 is 5.91 Å². The molecule has 1 heterocycles. The van der Waals surface area contributed by atoms with E-state index in [0.29, 0.717) is 24.5 Å². The highest BCUT2D eigenvalue weighted by molar-refractivity contribution is 5.91. The van der Waals surface area contributed by atoms with Crippen LogP contribution in [-0.2, 0) is 6.42 Å². The Morgan fingerprint density at radius 3 is 2.70 bits per heavy atom. The molecule has 0 aliphatic heterocycles. The summed E-state index contributed by atoms with van der Waals surface area (Å²) in [6, 6.07) is 7.18. The summed E-state index contributed by atoms with van der Waals surface area (Å²) in [5.41, 5.74) is 1.04. The van der Waals surface area contributed by atoms with Crippen molar-refractivity contribution in [3.8, 4) is 11.5 Å². The molecule has 0 bridgehead atoms. The average molecular weight is 276 g/mol. The van der Waals surface area contributed by atoms with Gasteiger partial charge in [-0.15, -0.1) is 0 Å². The molecule has 0 saturated heterocycles. The molecule has 20 heavy (non-hydrogen) atoms. The summed E-state index contributed by atoms with van der Waals surface area (Å²) in [5, 5.41) is 6.24. The highest BCUT2D eigenvalue weighted by atomic mass is 16.5. The Morgan fingerprint density at radius 1 is 1.25 bits per heavy atom. The number of methoxy groups -OCH3 is 2. The molecule has 2 rings (SSSR count). The predicted molar refractivity (Wildman–Crippen MR) is 72.1 cm³/mol. The van der Waals surface area contributed by atoms with Crippen molar-refractivity contribution in [3.63, 3.8) is 0 Å². The first-order chi connectivity index (χ1) is 9.74. The molecule has 2 aromatic rings. The summed E-state index contributed by atoms with van der Waals surface area (Å²) in [7, 11) is 3.18. The number of carbonyl (C=O) groups is 1.